The molecule has 0 aliphatic heterocycles. The van der Waals surface area contributed by atoms with E-state index in [4.69, 9.17) is 0 Å². The van der Waals surface area contributed by atoms with Crippen molar-refractivity contribution < 1.29 is 48.2 Å². The van der Waals surface area contributed by atoms with Gasteiger partial charge < -0.3 is 0 Å². The normalized spacial score (nSPS) is 1.50. The summed E-state index contributed by atoms with van der Waals surface area (Å²) in [5.41, 5.74) is 0. The molecule has 0 amide bonds. The molecule has 0 atom stereocenters. The molecule has 0 heterocycles. The van der Waals surface area contributed by atoms with Crippen LogP contribution in [0.2, 0.25) is 6.55 Å². The Balaban J connectivity index is -0.00000000500. The van der Waals surface area contributed by atoms with E-state index >= 15 is 0 Å². The largest absolute Gasteiger partial charge is 0.0771 e. The fourth-order valence-corrected chi connectivity index (χ4v) is 0. The molecule has 0 N–H and O–H groups in total. The van der Waals surface area contributed by atoms with E-state index in [1.807, 2.05) is 16.8 Å². The van der Waals surface area contributed by atoms with Crippen molar-refractivity contribution >= 4 is 10.2 Å². The van der Waals surface area contributed by atoms with Gasteiger partial charge in [0.2, 0.25) is 0 Å². The van der Waals surface area contributed by atoms with Crippen molar-refractivity contribution in [3.05, 3.63) is 0 Å². The molecule has 0 saturated carbocycles. The first kappa shape index (κ1) is 17.0. The van der Waals surface area contributed by atoms with Crippen LogP contribution in [0.25, 0.3) is 0 Å². The van der Waals surface area contributed by atoms with E-state index < -0.39 is 0 Å². The second kappa shape index (κ2) is 21.2. The van der Waals surface area contributed by atoms with Crippen molar-refractivity contribution in [2.75, 3.05) is 0 Å². The third-order valence-electron chi connectivity index (χ3n) is 0. The van der Waals surface area contributed by atoms with Gasteiger partial charge >= 0.3 is 0 Å². The van der Waals surface area contributed by atoms with Crippen molar-refractivity contribution in [2.45, 2.75) is 6.55 Å². The van der Waals surface area contributed by atoms with Gasteiger partial charge in [0.1, 0.15) is 0 Å². The van der Waals surface area contributed by atoms with Crippen LogP contribution in [0.4, 0.5) is 0 Å². The predicted octanol–water partition coefficient (Wildman–Crippen LogP) is -0.337. The zero-order valence-corrected chi connectivity index (χ0v) is 10.9. The smallest absolute Gasteiger partial charge is 0.00452 e. The Labute approximate surface area is 64.5 Å². The molecule has 0 aliphatic rings. The van der Waals surface area contributed by atoms with Gasteiger partial charge in [-0.3, -0.25) is 0 Å². The Morgan fingerprint density at radius 3 is 1.25 bits per heavy atom. The first-order valence-electron chi connectivity index (χ1n) is 0.707. The molecule has 0 saturated heterocycles. The molecule has 0 aromatic rings. The van der Waals surface area contributed by atoms with Crippen molar-refractivity contribution in [1.82, 2.24) is 0 Å². The van der Waals surface area contributed by atoms with Gasteiger partial charge in [-0.1, -0.05) is 6.55 Å². The summed E-state index contributed by atoms with van der Waals surface area (Å²) >= 11 is 0. The molecule has 0 fully saturated rings. The van der Waals surface area contributed by atoms with Gasteiger partial charge in [0.05, 0.1) is 0 Å². The third kappa shape index (κ3) is 9.16. The Bertz CT molecular complexity index is 8.00. The van der Waals surface area contributed by atoms with Crippen LogP contribution >= 0.6 is 0 Å². The van der Waals surface area contributed by atoms with Crippen molar-refractivity contribution in [2.24, 2.45) is 0 Å². The molecule has 4 heavy (non-hydrogen) atoms. The maximum atomic E-state index is 2.03. The minimum atomic E-state index is 0. The van der Waals surface area contributed by atoms with Crippen LogP contribution < -0.4 is 0 Å². The van der Waals surface area contributed by atoms with E-state index in [0.717, 1.165) is 0 Å². The summed E-state index contributed by atoms with van der Waals surface area (Å²) < 4.78 is 0. The summed E-state index contributed by atoms with van der Waals surface area (Å²) in [4.78, 5) is 0. The Hall–Kier alpha value is 1.83. The second-order valence-electron chi connectivity index (χ2n) is 0. The fraction of sp³-hybridized carbons (Fsp3) is 1.00. The van der Waals surface area contributed by atoms with Crippen molar-refractivity contribution in [3.63, 3.8) is 0 Å². The van der Waals surface area contributed by atoms with E-state index in [-0.39, 0.29) is 48.2 Å². The summed E-state index contributed by atoms with van der Waals surface area (Å²) in [6.45, 7) is 2.03. The van der Waals surface area contributed by atoms with Crippen LogP contribution in [0.5, 0.6) is 0 Å². The molecule has 0 spiro atoms. The Kier molecular flexibility index (Phi) is 89.9. The standard InChI is InChI=1S/CH5Si.Hf.Ta/c1-2;;/h2H2,1H3;;. The fourth-order valence-electron chi connectivity index (χ4n) is 0. The van der Waals surface area contributed by atoms with Crippen molar-refractivity contribution in [3.8, 4) is 0 Å². The average molecular weight is 405 g/mol. The zero-order chi connectivity index (χ0) is 2.00. The summed E-state index contributed by atoms with van der Waals surface area (Å²) in [5, 5.41) is 0. The van der Waals surface area contributed by atoms with E-state index in [1.165, 1.54) is 0 Å². The topological polar surface area (TPSA) is 0 Å². The average Bonchev–Trinajstić information content (AvgIpc) is 1.00. The summed E-state index contributed by atoms with van der Waals surface area (Å²) in [6.07, 6.45) is 0. The molecule has 0 rings (SSSR count). The Morgan fingerprint density at radius 2 is 1.25 bits per heavy atom. The monoisotopic (exact) mass is 406 g/mol. The van der Waals surface area contributed by atoms with Crippen LogP contribution in [-0.4, -0.2) is 10.2 Å². The molecule has 0 nitrogen and oxygen atoms in total. The maximum Gasteiger partial charge on any atom is 0.00452 e. The van der Waals surface area contributed by atoms with Crippen LogP contribution in [0.15, 0.2) is 0 Å². The van der Waals surface area contributed by atoms with E-state index in [9.17, 15) is 0 Å². The quantitative estimate of drug-likeness (QED) is 0.485. The molecule has 22 valence electrons. The molecule has 0 aromatic carbocycles. The summed E-state index contributed by atoms with van der Waals surface area (Å²) in [7, 11) is 1.86. The predicted molar refractivity (Wildman–Crippen MR) is 14.4 cm³/mol. The van der Waals surface area contributed by atoms with Crippen LogP contribution in [0.3, 0.4) is 0 Å². The zero-order valence-electron chi connectivity index (χ0n) is 2.65. The van der Waals surface area contributed by atoms with Gasteiger partial charge in [-0.15, -0.1) is 0 Å². The second-order valence-corrected chi connectivity index (χ2v) is 0. The third-order valence-corrected chi connectivity index (χ3v) is 0. The maximum absolute atomic E-state index is 2.03. The molecular weight excluding hydrogens is 400 g/mol. The first-order chi connectivity index (χ1) is 1.00. The minimum absolute atomic E-state index is 0. The van der Waals surface area contributed by atoms with Gasteiger partial charge in [0.25, 0.3) is 0 Å². The molecule has 0 aromatic heterocycles. The summed E-state index contributed by atoms with van der Waals surface area (Å²) in [5.74, 6) is 0. The number of hydrogen-bond donors (Lipinski definition) is 0. The molecule has 3 heteroatoms. The van der Waals surface area contributed by atoms with Gasteiger partial charge in [-0.25, -0.2) is 0 Å². The minimum Gasteiger partial charge on any atom is -0.0771 e. The van der Waals surface area contributed by atoms with Gasteiger partial charge in [-0.05, 0) is 0 Å². The van der Waals surface area contributed by atoms with Crippen LogP contribution in [0.1, 0.15) is 0 Å². The van der Waals surface area contributed by atoms with Gasteiger partial charge in [-0.2, -0.15) is 0 Å². The van der Waals surface area contributed by atoms with Crippen molar-refractivity contribution in [1.29, 1.82) is 0 Å². The number of rotatable bonds is 0. The Morgan fingerprint density at radius 1 is 1.25 bits per heavy atom. The van der Waals surface area contributed by atoms with E-state index in [2.05, 4.69) is 0 Å². The molecule has 0 aliphatic carbocycles. The van der Waals surface area contributed by atoms with E-state index in [0.29, 0.717) is 0 Å². The first-order valence-corrected chi connectivity index (χ1v) is 2.12. The summed E-state index contributed by atoms with van der Waals surface area (Å²) in [6, 6.07) is 0. The van der Waals surface area contributed by atoms with Gasteiger partial charge in [0, 0.05) is 58.5 Å². The van der Waals surface area contributed by atoms with Crippen LogP contribution in [0, 0.1) is 0 Å². The SMILES string of the molecule is C[SiH2].[Hf].[Ta]. The molecule has 0 unspecified atom stereocenters. The molecular formula is CH5HfSiTa. The number of hydrogen-bond acceptors (Lipinski definition) is 0. The molecule has 2 radical (unpaired) electrons. The molecule has 0 bridgehead atoms. The van der Waals surface area contributed by atoms with E-state index in [1.54, 1.807) is 0 Å². The van der Waals surface area contributed by atoms with Crippen LogP contribution in [-0.2, 0) is 48.2 Å². The van der Waals surface area contributed by atoms with Gasteiger partial charge in [0.15, 0.2) is 0 Å².